The normalized spacial score (nSPS) is 12.6. The van der Waals surface area contributed by atoms with Gasteiger partial charge in [0.15, 0.2) is 0 Å². The van der Waals surface area contributed by atoms with E-state index in [4.69, 9.17) is 5.14 Å². The summed E-state index contributed by atoms with van der Waals surface area (Å²) in [4.78, 5) is 12.1. The first-order chi connectivity index (χ1) is 9.12. The standard InChI is InChI=1S/C14H20N2O3S/c1-14(2,3)13(17)16(20(15,18)19)11-7-10-12-8-5-4-6-9-12/h4-10H,11H2,1-3H3,(H2,15,18,19). The molecule has 0 heterocycles. The number of amides is 1. The molecule has 0 bridgehead atoms. The van der Waals surface area contributed by atoms with Gasteiger partial charge in [-0.25, -0.2) is 9.44 Å². The molecule has 6 heteroatoms. The van der Waals surface area contributed by atoms with Gasteiger partial charge in [-0.1, -0.05) is 63.3 Å². The molecule has 0 atom stereocenters. The van der Waals surface area contributed by atoms with Gasteiger partial charge >= 0.3 is 10.2 Å². The van der Waals surface area contributed by atoms with Crippen LogP contribution in [0.2, 0.25) is 0 Å². The van der Waals surface area contributed by atoms with E-state index in [1.807, 2.05) is 30.3 Å². The highest BCUT2D eigenvalue weighted by Crippen LogP contribution is 2.18. The average Bonchev–Trinajstić information content (AvgIpc) is 2.32. The zero-order valence-corrected chi connectivity index (χ0v) is 12.7. The maximum absolute atomic E-state index is 12.1. The molecule has 0 saturated carbocycles. The Morgan fingerprint density at radius 1 is 1.25 bits per heavy atom. The quantitative estimate of drug-likeness (QED) is 0.919. The van der Waals surface area contributed by atoms with Crippen molar-refractivity contribution in [3.63, 3.8) is 0 Å². The molecule has 0 aliphatic heterocycles. The molecule has 110 valence electrons. The molecular formula is C14H20N2O3S. The van der Waals surface area contributed by atoms with Crippen LogP contribution in [0.15, 0.2) is 36.4 Å². The molecule has 0 radical (unpaired) electrons. The molecule has 0 aliphatic carbocycles. The predicted molar refractivity (Wildman–Crippen MR) is 79.8 cm³/mol. The van der Waals surface area contributed by atoms with Crippen molar-refractivity contribution in [2.24, 2.45) is 10.6 Å². The van der Waals surface area contributed by atoms with Gasteiger partial charge in [-0.2, -0.15) is 8.42 Å². The summed E-state index contributed by atoms with van der Waals surface area (Å²) >= 11 is 0. The van der Waals surface area contributed by atoms with E-state index in [0.29, 0.717) is 4.31 Å². The molecule has 1 rings (SSSR count). The minimum absolute atomic E-state index is 0.0795. The number of carbonyl (C=O) groups excluding carboxylic acids is 1. The molecule has 2 N–H and O–H groups in total. The van der Waals surface area contributed by atoms with Gasteiger partial charge in [-0.15, -0.1) is 0 Å². The number of benzene rings is 1. The van der Waals surface area contributed by atoms with Crippen LogP contribution < -0.4 is 5.14 Å². The molecule has 20 heavy (non-hydrogen) atoms. The Bertz CT molecular complexity index is 587. The lowest BCUT2D eigenvalue weighted by molar-refractivity contribution is -0.134. The molecule has 5 nitrogen and oxygen atoms in total. The molecule has 0 saturated heterocycles. The van der Waals surface area contributed by atoms with Crippen LogP contribution in [-0.2, 0) is 15.0 Å². The number of hydrogen-bond donors (Lipinski definition) is 1. The van der Waals surface area contributed by atoms with Gasteiger partial charge in [0.05, 0.1) is 6.54 Å². The number of rotatable bonds is 4. The predicted octanol–water partition coefficient (Wildman–Crippen LogP) is 1.78. The summed E-state index contributed by atoms with van der Waals surface area (Å²) in [5, 5.41) is 5.10. The van der Waals surface area contributed by atoms with Crippen LogP contribution >= 0.6 is 0 Å². The maximum atomic E-state index is 12.1. The van der Waals surface area contributed by atoms with Gasteiger partial charge in [0, 0.05) is 5.41 Å². The van der Waals surface area contributed by atoms with E-state index >= 15 is 0 Å². The molecule has 0 aliphatic rings. The Balaban J connectivity index is 2.88. The van der Waals surface area contributed by atoms with Crippen molar-refractivity contribution in [3.8, 4) is 0 Å². The van der Waals surface area contributed by atoms with Gasteiger partial charge in [0.2, 0.25) is 5.91 Å². The summed E-state index contributed by atoms with van der Waals surface area (Å²) in [6, 6.07) is 9.39. The van der Waals surface area contributed by atoms with Gasteiger partial charge in [-0.3, -0.25) is 4.79 Å². The summed E-state index contributed by atoms with van der Waals surface area (Å²) in [6.45, 7) is 4.86. The fourth-order valence-electron chi connectivity index (χ4n) is 1.53. The zero-order valence-electron chi connectivity index (χ0n) is 11.9. The Hall–Kier alpha value is -1.66. The minimum Gasteiger partial charge on any atom is -0.273 e. The molecule has 0 spiro atoms. The molecule has 0 aromatic heterocycles. The lowest BCUT2D eigenvalue weighted by Crippen LogP contribution is -2.46. The third-order valence-electron chi connectivity index (χ3n) is 2.56. The van der Waals surface area contributed by atoms with Crippen LogP contribution in [0.1, 0.15) is 26.3 Å². The summed E-state index contributed by atoms with van der Waals surface area (Å²) in [7, 11) is -4.07. The Kier molecular flexibility index (Phi) is 5.08. The van der Waals surface area contributed by atoms with E-state index in [0.717, 1.165) is 5.56 Å². The van der Waals surface area contributed by atoms with Crippen molar-refractivity contribution in [2.75, 3.05) is 6.54 Å². The van der Waals surface area contributed by atoms with Crippen LogP contribution in [0.5, 0.6) is 0 Å². The zero-order chi connectivity index (χ0) is 15.4. The topological polar surface area (TPSA) is 80.5 Å². The fraction of sp³-hybridized carbons (Fsp3) is 0.357. The Morgan fingerprint density at radius 3 is 2.25 bits per heavy atom. The first-order valence-electron chi connectivity index (χ1n) is 6.19. The highest BCUT2D eigenvalue weighted by molar-refractivity contribution is 7.87. The van der Waals surface area contributed by atoms with Gasteiger partial charge < -0.3 is 0 Å². The SMILES string of the molecule is CC(C)(C)C(=O)N(CC=Cc1ccccc1)S(N)(=O)=O. The highest BCUT2D eigenvalue weighted by atomic mass is 32.2. The van der Waals surface area contributed by atoms with E-state index in [9.17, 15) is 13.2 Å². The first-order valence-corrected chi connectivity index (χ1v) is 7.69. The van der Waals surface area contributed by atoms with E-state index < -0.39 is 21.5 Å². The number of hydrogen-bond acceptors (Lipinski definition) is 3. The van der Waals surface area contributed by atoms with Crippen LogP contribution in [-0.4, -0.2) is 25.2 Å². The number of nitrogens with two attached hydrogens (primary N) is 1. The second kappa shape index (κ2) is 6.19. The summed E-state index contributed by atoms with van der Waals surface area (Å²) in [5.41, 5.74) is 0.109. The smallest absolute Gasteiger partial charge is 0.273 e. The van der Waals surface area contributed by atoms with Gasteiger partial charge in [0.1, 0.15) is 0 Å². The first kappa shape index (κ1) is 16.4. The summed E-state index contributed by atoms with van der Waals surface area (Å²) in [5.74, 6) is -0.530. The van der Waals surface area contributed by atoms with Gasteiger partial charge in [0.25, 0.3) is 0 Å². The third-order valence-corrected chi connectivity index (χ3v) is 3.49. The molecule has 1 aromatic rings. The van der Waals surface area contributed by atoms with Gasteiger partial charge in [-0.05, 0) is 5.56 Å². The maximum Gasteiger partial charge on any atom is 0.301 e. The second-order valence-corrected chi connectivity index (χ2v) is 6.91. The minimum atomic E-state index is -4.07. The van der Waals surface area contributed by atoms with Crippen molar-refractivity contribution in [1.82, 2.24) is 4.31 Å². The van der Waals surface area contributed by atoms with Crippen LogP contribution in [0.25, 0.3) is 6.08 Å². The lowest BCUT2D eigenvalue weighted by Gasteiger charge is -2.26. The number of carbonyl (C=O) groups is 1. The van der Waals surface area contributed by atoms with E-state index in [2.05, 4.69) is 0 Å². The van der Waals surface area contributed by atoms with Crippen LogP contribution in [0.4, 0.5) is 0 Å². The highest BCUT2D eigenvalue weighted by Gasteiger charge is 2.32. The largest absolute Gasteiger partial charge is 0.301 e. The van der Waals surface area contributed by atoms with E-state index in [-0.39, 0.29) is 6.54 Å². The summed E-state index contributed by atoms with van der Waals surface area (Å²) < 4.78 is 23.7. The van der Waals surface area contributed by atoms with Crippen molar-refractivity contribution in [3.05, 3.63) is 42.0 Å². The van der Waals surface area contributed by atoms with Crippen molar-refractivity contribution >= 4 is 22.2 Å². The molecule has 0 fully saturated rings. The average molecular weight is 296 g/mol. The molecule has 1 amide bonds. The Labute approximate surface area is 120 Å². The molecule has 0 unspecified atom stereocenters. The number of nitrogens with zero attached hydrogens (tertiary/aromatic N) is 1. The van der Waals surface area contributed by atoms with E-state index in [1.54, 1.807) is 32.9 Å². The lowest BCUT2D eigenvalue weighted by atomic mass is 9.96. The van der Waals surface area contributed by atoms with Crippen molar-refractivity contribution in [1.29, 1.82) is 0 Å². The monoisotopic (exact) mass is 296 g/mol. The van der Waals surface area contributed by atoms with Crippen LogP contribution in [0.3, 0.4) is 0 Å². The molecular weight excluding hydrogens is 276 g/mol. The molecule has 1 aromatic carbocycles. The van der Waals surface area contributed by atoms with E-state index in [1.165, 1.54) is 0 Å². The van der Waals surface area contributed by atoms with Crippen molar-refractivity contribution in [2.45, 2.75) is 20.8 Å². The third kappa shape index (κ3) is 4.79. The Morgan fingerprint density at radius 2 is 1.80 bits per heavy atom. The second-order valence-electron chi connectivity index (χ2n) is 5.44. The van der Waals surface area contributed by atoms with Crippen LogP contribution in [0, 0.1) is 5.41 Å². The summed E-state index contributed by atoms with van der Waals surface area (Å²) in [6.07, 6.45) is 3.34. The van der Waals surface area contributed by atoms with Crippen molar-refractivity contribution < 1.29 is 13.2 Å². The fourth-order valence-corrected chi connectivity index (χ4v) is 2.32.